The van der Waals surface area contributed by atoms with Crippen LogP contribution in [0, 0.1) is 0 Å². The fourth-order valence-corrected chi connectivity index (χ4v) is 6.71. The SMILES string of the molecule is c1ccc(-c2nc(-c3ccccc3)nc(-c3nc(-c4cccc5oc6ccccc6c45)cc(-c4cccc5oc6ccccc6c45)n3)n2)cc1. The van der Waals surface area contributed by atoms with Crippen molar-refractivity contribution in [2.45, 2.75) is 0 Å². The molecule has 0 fully saturated rings. The average Bonchev–Trinajstić information content (AvgIpc) is 3.77. The van der Waals surface area contributed by atoms with Gasteiger partial charge < -0.3 is 8.83 Å². The highest BCUT2D eigenvalue weighted by molar-refractivity contribution is 6.14. The van der Waals surface area contributed by atoms with Gasteiger partial charge in [-0.15, -0.1) is 0 Å². The van der Waals surface area contributed by atoms with Gasteiger partial charge in [0.05, 0.1) is 11.4 Å². The van der Waals surface area contributed by atoms with Crippen molar-refractivity contribution in [3.05, 3.63) is 152 Å². The van der Waals surface area contributed by atoms with Crippen molar-refractivity contribution in [1.29, 1.82) is 0 Å². The predicted molar refractivity (Wildman–Crippen MR) is 197 cm³/mol. The first-order chi connectivity index (χ1) is 24.8. The Hall–Kier alpha value is -6.99. The monoisotopic (exact) mass is 643 g/mol. The zero-order chi connectivity index (χ0) is 33.0. The Labute approximate surface area is 285 Å². The first kappa shape index (κ1) is 28.1. The normalized spacial score (nSPS) is 11.6. The van der Waals surface area contributed by atoms with Crippen LogP contribution in [0.2, 0.25) is 0 Å². The van der Waals surface area contributed by atoms with Crippen LogP contribution in [0.25, 0.3) is 101 Å². The number of aromatic nitrogens is 5. The van der Waals surface area contributed by atoms with E-state index < -0.39 is 0 Å². The molecule has 50 heavy (non-hydrogen) atoms. The van der Waals surface area contributed by atoms with Crippen molar-refractivity contribution in [3.63, 3.8) is 0 Å². The van der Waals surface area contributed by atoms with Gasteiger partial charge in [0.2, 0.25) is 5.82 Å². The third kappa shape index (κ3) is 4.64. The molecule has 7 nitrogen and oxygen atoms in total. The maximum atomic E-state index is 6.28. The summed E-state index contributed by atoms with van der Waals surface area (Å²) in [5.41, 5.74) is 8.21. The van der Waals surface area contributed by atoms with Crippen LogP contribution in [0.3, 0.4) is 0 Å². The third-order valence-corrected chi connectivity index (χ3v) is 8.98. The summed E-state index contributed by atoms with van der Waals surface area (Å²) in [6.45, 7) is 0. The molecule has 0 N–H and O–H groups in total. The van der Waals surface area contributed by atoms with Gasteiger partial charge in [-0.25, -0.2) is 24.9 Å². The molecule has 10 aromatic rings. The van der Waals surface area contributed by atoms with Crippen molar-refractivity contribution < 1.29 is 8.83 Å². The lowest BCUT2D eigenvalue weighted by Crippen LogP contribution is -2.04. The van der Waals surface area contributed by atoms with E-state index in [1.165, 1.54) is 0 Å². The van der Waals surface area contributed by atoms with E-state index in [0.717, 1.165) is 77.5 Å². The number of hydrogen-bond acceptors (Lipinski definition) is 7. The minimum Gasteiger partial charge on any atom is -0.456 e. The molecule has 234 valence electrons. The number of nitrogens with zero attached hydrogens (tertiary/aromatic N) is 5. The maximum Gasteiger partial charge on any atom is 0.201 e. The molecule has 0 bridgehead atoms. The van der Waals surface area contributed by atoms with Crippen molar-refractivity contribution in [3.8, 4) is 56.9 Å². The third-order valence-electron chi connectivity index (χ3n) is 8.98. The summed E-state index contributed by atoms with van der Waals surface area (Å²) >= 11 is 0. The summed E-state index contributed by atoms with van der Waals surface area (Å²) in [6, 6.07) is 50.1. The highest BCUT2D eigenvalue weighted by Crippen LogP contribution is 2.40. The zero-order valence-electron chi connectivity index (χ0n) is 26.5. The lowest BCUT2D eigenvalue weighted by molar-refractivity contribution is 0.668. The van der Waals surface area contributed by atoms with E-state index >= 15 is 0 Å². The molecule has 0 aliphatic carbocycles. The van der Waals surface area contributed by atoms with E-state index in [9.17, 15) is 0 Å². The molecule has 0 saturated carbocycles. The van der Waals surface area contributed by atoms with Crippen LogP contribution >= 0.6 is 0 Å². The summed E-state index contributed by atoms with van der Waals surface area (Å²) in [4.78, 5) is 25.3. The lowest BCUT2D eigenvalue weighted by Gasteiger charge is -2.12. The molecule has 10 rings (SSSR count). The summed E-state index contributed by atoms with van der Waals surface area (Å²) in [7, 11) is 0. The first-order valence-electron chi connectivity index (χ1n) is 16.3. The van der Waals surface area contributed by atoms with Gasteiger partial charge in [-0.2, -0.15) is 0 Å². The Kier molecular flexibility index (Phi) is 6.35. The van der Waals surface area contributed by atoms with Gasteiger partial charge in [0.25, 0.3) is 0 Å². The molecule has 4 aromatic heterocycles. The van der Waals surface area contributed by atoms with Crippen molar-refractivity contribution in [2.24, 2.45) is 0 Å². The van der Waals surface area contributed by atoms with Crippen molar-refractivity contribution >= 4 is 43.9 Å². The van der Waals surface area contributed by atoms with Gasteiger partial charge in [0.15, 0.2) is 17.5 Å². The number of para-hydroxylation sites is 2. The molecule has 0 atom stereocenters. The van der Waals surface area contributed by atoms with Gasteiger partial charge in [0.1, 0.15) is 22.3 Å². The molecule has 7 heteroatoms. The summed E-state index contributed by atoms with van der Waals surface area (Å²) in [5, 5.41) is 3.99. The van der Waals surface area contributed by atoms with Crippen LogP contribution in [-0.4, -0.2) is 24.9 Å². The number of rotatable bonds is 5. The molecule has 0 saturated heterocycles. The van der Waals surface area contributed by atoms with Gasteiger partial charge in [0, 0.05) is 43.8 Å². The number of hydrogen-bond donors (Lipinski definition) is 0. The molecule has 0 amide bonds. The van der Waals surface area contributed by atoms with E-state index in [0.29, 0.717) is 23.3 Å². The number of benzene rings is 6. The van der Waals surface area contributed by atoms with Crippen LogP contribution in [0.4, 0.5) is 0 Å². The fourth-order valence-electron chi connectivity index (χ4n) is 6.71. The highest BCUT2D eigenvalue weighted by Gasteiger charge is 2.21. The van der Waals surface area contributed by atoms with E-state index in [1.807, 2.05) is 127 Å². The van der Waals surface area contributed by atoms with E-state index in [2.05, 4.69) is 24.3 Å². The van der Waals surface area contributed by atoms with E-state index in [1.54, 1.807) is 0 Å². The molecule has 6 aromatic carbocycles. The molecule has 0 aliphatic heterocycles. The van der Waals surface area contributed by atoms with Gasteiger partial charge >= 0.3 is 0 Å². The lowest BCUT2D eigenvalue weighted by atomic mass is 9.99. The van der Waals surface area contributed by atoms with Crippen LogP contribution < -0.4 is 0 Å². The van der Waals surface area contributed by atoms with E-state index in [-0.39, 0.29) is 0 Å². The largest absolute Gasteiger partial charge is 0.456 e. The Morgan fingerprint density at radius 1 is 0.320 bits per heavy atom. The Bertz CT molecular complexity index is 2690. The maximum absolute atomic E-state index is 6.28. The van der Waals surface area contributed by atoms with Crippen LogP contribution in [0.5, 0.6) is 0 Å². The summed E-state index contributed by atoms with van der Waals surface area (Å²) < 4.78 is 12.6. The van der Waals surface area contributed by atoms with E-state index in [4.69, 9.17) is 33.8 Å². The Morgan fingerprint density at radius 2 is 0.720 bits per heavy atom. The second kappa shape index (κ2) is 11.3. The quantitative estimate of drug-likeness (QED) is 0.184. The standard InChI is InChI=1S/C43H25N5O2/c1-3-13-26(14-4-1)40-46-41(27-15-5-2-6-16-27)48-43(47-40)42-44-32(28-19-11-23-36-38(28)30-17-7-9-21-34(30)49-36)25-33(45-42)29-20-12-24-37-39(29)31-18-8-10-22-35(31)50-37/h1-25H. The van der Waals surface area contributed by atoms with Crippen molar-refractivity contribution in [1.82, 2.24) is 24.9 Å². The molecule has 0 spiro atoms. The smallest absolute Gasteiger partial charge is 0.201 e. The van der Waals surface area contributed by atoms with Crippen LogP contribution in [0.15, 0.2) is 160 Å². The average molecular weight is 644 g/mol. The minimum atomic E-state index is 0.370. The molecule has 0 unspecified atom stereocenters. The second-order valence-electron chi connectivity index (χ2n) is 12.1. The zero-order valence-corrected chi connectivity index (χ0v) is 26.5. The number of fused-ring (bicyclic) bond motifs is 6. The molecule has 0 aliphatic rings. The molecular weight excluding hydrogens is 619 g/mol. The first-order valence-corrected chi connectivity index (χ1v) is 16.3. The molecule has 4 heterocycles. The van der Waals surface area contributed by atoms with Gasteiger partial charge in [-0.05, 0) is 30.3 Å². The molecular formula is C43H25N5O2. The minimum absolute atomic E-state index is 0.370. The van der Waals surface area contributed by atoms with Crippen molar-refractivity contribution in [2.75, 3.05) is 0 Å². The number of furan rings is 2. The van der Waals surface area contributed by atoms with Gasteiger partial charge in [-0.1, -0.05) is 121 Å². The predicted octanol–water partition coefficient (Wildman–Crippen LogP) is 10.8. The fraction of sp³-hybridized carbons (Fsp3) is 0. The Balaban J connectivity index is 1.28. The summed E-state index contributed by atoms with van der Waals surface area (Å²) in [5.74, 6) is 1.82. The topological polar surface area (TPSA) is 90.7 Å². The Morgan fingerprint density at radius 3 is 1.22 bits per heavy atom. The second-order valence-corrected chi connectivity index (χ2v) is 12.1. The van der Waals surface area contributed by atoms with Crippen LogP contribution in [-0.2, 0) is 0 Å². The molecule has 0 radical (unpaired) electrons. The summed E-state index contributed by atoms with van der Waals surface area (Å²) in [6.07, 6.45) is 0. The highest BCUT2D eigenvalue weighted by atomic mass is 16.3. The van der Waals surface area contributed by atoms with Crippen LogP contribution in [0.1, 0.15) is 0 Å². The van der Waals surface area contributed by atoms with Gasteiger partial charge in [-0.3, -0.25) is 0 Å².